The Hall–Kier alpha value is -3.48. The minimum absolute atomic E-state index is 0.143. The van der Waals surface area contributed by atoms with E-state index in [1.54, 1.807) is 24.3 Å². The van der Waals surface area contributed by atoms with Gasteiger partial charge in [-0.3, -0.25) is 9.44 Å². The lowest BCUT2D eigenvalue weighted by atomic mass is 10.3. The van der Waals surface area contributed by atoms with Crippen molar-refractivity contribution in [1.29, 1.82) is 0 Å². The molecule has 4 rings (SSSR count). The standard InChI is InChI=1S/C20H15ClN2O8S2/c1-29-20(24)17-8-9-18(31-17)32(25,26)22-14-7-6-13(21)11-15(14)23-33(27,28)19-10-12-4-2-3-5-16(12)30-19/h2-11,22-23H,1H3. The molecular weight excluding hydrogens is 496 g/mol. The van der Waals surface area contributed by atoms with Crippen molar-refractivity contribution in [2.24, 2.45) is 0 Å². The molecule has 2 aromatic carbocycles. The Bertz CT molecular complexity index is 1540. The third kappa shape index (κ3) is 4.67. The quantitative estimate of drug-likeness (QED) is 0.354. The van der Waals surface area contributed by atoms with Gasteiger partial charge in [-0.2, -0.15) is 16.8 Å². The third-order valence-corrected chi connectivity index (χ3v) is 7.06. The number of anilines is 2. The first kappa shape index (κ1) is 22.7. The van der Waals surface area contributed by atoms with E-state index >= 15 is 0 Å². The zero-order chi connectivity index (χ0) is 23.8. The zero-order valence-corrected chi connectivity index (χ0v) is 19.1. The number of methoxy groups -OCH3 is 1. The Morgan fingerprint density at radius 1 is 0.848 bits per heavy atom. The second kappa shape index (κ2) is 8.46. The van der Waals surface area contributed by atoms with Gasteiger partial charge >= 0.3 is 5.97 Å². The number of fused-ring (bicyclic) bond motifs is 1. The van der Waals surface area contributed by atoms with Gasteiger partial charge in [-0.05, 0) is 36.4 Å². The number of hydrogen-bond acceptors (Lipinski definition) is 8. The zero-order valence-electron chi connectivity index (χ0n) is 16.7. The number of carbonyl (C=O) groups excluding carboxylic acids is 1. The van der Waals surface area contributed by atoms with Gasteiger partial charge in [-0.25, -0.2) is 4.79 Å². The fourth-order valence-corrected chi connectivity index (χ4v) is 5.07. The molecule has 2 heterocycles. The summed E-state index contributed by atoms with van der Waals surface area (Å²) in [6, 6.07) is 14.1. The van der Waals surface area contributed by atoms with Gasteiger partial charge in [0.1, 0.15) is 5.58 Å². The topological polar surface area (TPSA) is 145 Å². The van der Waals surface area contributed by atoms with Gasteiger partial charge in [0, 0.05) is 16.5 Å². The molecule has 0 fully saturated rings. The van der Waals surface area contributed by atoms with Crippen LogP contribution in [-0.2, 0) is 24.8 Å². The van der Waals surface area contributed by atoms with Crippen molar-refractivity contribution >= 4 is 60.0 Å². The summed E-state index contributed by atoms with van der Waals surface area (Å²) in [5.41, 5.74) is 0.0607. The first-order valence-electron chi connectivity index (χ1n) is 9.11. The summed E-state index contributed by atoms with van der Waals surface area (Å²) in [4.78, 5) is 11.5. The van der Waals surface area contributed by atoms with E-state index in [2.05, 4.69) is 14.2 Å². The van der Waals surface area contributed by atoms with E-state index in [-0.39, 0.29) is 27.2 Å². The molecule has 0 aliphatic rings. The number of esters is 1. The maximum atomic E-state index is 12.9. The van der Waals surface area contributed by atoms with E-state index in [0.29, 0.717) is 11.0 Å². The summed E-state index contributed by atoms with van der Waals surface area (Å²) in [5.74, 6) is -1.18. The van der Waals surface area contributed by atoms with Crippen LogP contribution in [0.15, 0.2) is 79.7 Å². The normalized spacial score (nSPS) is 11.9. The predicted molar refractivity (Wildman–Crippen MR) is 119 cm³/mol. The lowest BCUT2D eigenvalue weighted by Gasteiger charge is -2.13. The Balaban J connectivity index is 1.66. The van der Waals surface area contributed by atoms with Crippen molar-refractivity contribution in [2.75, 3.05) is 16.6 Å². The molecule has 4 aromatic rings. The number of hydrogen-bond donors (Lipinski definition) is 2. The molecule has 0 amide bonds. The summed E-state index contributed by atoms with van der Waals surface area (Å²) >= 11 is 5.99. The van der Waals surface area contributed by atoms with E-state index in [1.807, 2.05) is 0 Å². The number of furan rings is 2. The minimum atomic E-state index is -4.34. The molecule has 0 aliphatic carbocycles. The Kier molecular flexibility index (Phi) is 5.82. The van der Waals surface area contributed by atoms with Crippen molar-refractivity contribution in [2.45, 2.75) is 10.2 Å². The van der Waals surface area contributed by atoms with Crippen LogP contribution in [0.25, 0.3) is 11.0 Å². The van der Waals surface area contributed by atoms with Gasteiger partial charge in [-0.1, -0.05) is 29.8 Å². The fraction of sp³-hybridized carbons (Fsp3) is 0.0500. The molecule has 172 valence electrons. The van der Waals surface area contributed by atoms with Crippen molar-refractivity contribution < 1.29 is 35.2 Å². The summed E-state index contributed by atoms with van der Waals surface area (Å²) in [5, 5.41) is -0.231. The summed E-state index contributed by atoms with van der Waals surface area (Å²) in [7, 11) is -7.46. The van der Waals surface area contributed by atoms with Gasteiger partial charge in [0.2, 0.25) is 15.9 Å². The highest BCUT2D eigenvalue weighted by Crippen LogP contribution is 2.31. The number of nitrogens with one attached hydrogen (secondary N) is 2. The molecule has 0 saturated carbocycles. The van der Waals surface area contributed by atoms with Crippen LogP contribution in [0.1, 0.15) is 10.6 Å². The second-order valence-electron chi connectivity index (χ2n) is 6.61. The minimum Gasteiger partial charge on any atom is -0.463 e. The molecule has 0 saturated heterocycles. The van der Waals surface area contributed by atoms with E-state index < -0.39 is 31.1 Å². The highest BCUT2D eigenvalue weighted by Gasteiger charge is 2.25. The highest BCUT2D eigenvalue weighted by molar-refractivity contribution is 7.93. The Labute approximate surface area is 193 Å². The Morgan fingerprint density at radius 2 is 1.55 bits per heavy atom. The van der Waals surface area contributed by atoms with Crippen LogP contribution in [0.5, 0.6) is 0 Å². The number of halogens is 1. The first-order valence-corrected chi connectivity index (χ1v) is 12.5. The number of carbonyl (C=O) groups is 1. The van der Waals surface area contributed by atoms with Crippen molar-refractivity contribution in [3.05, 3.63) is 71.4 Å². The smallest absolute Gasteiger partial charge is 0.374 e. The molecule has 0 aliphatic heterocycles. The molecule has 13 heteroatoms. The maximum absolute atomic E-state index is 12.9. The maximum Gasteiger partial charge on any atom is 0.374 e. The molecule has 0 atom stereocenters. The van der Waals surface area contributed by atoms with Gasteiger partial charge < -0.3 is 13.6 Å². The average molecular weight is 511 g/mol. The van der Waals surface area contributed by atoms with Crippen molar-refractivity contribution in [1.82, 2.24) is 0 Å². The van der Waals surface area contributed by atoms with Crippen LogP contribution in [-0.4, -0.2) is 29.9 Å². The Morgan fingerprint density at radius 3 is 2.27 bits per heavy atom. The van der Waals surface area contributed by atoms with Crippen LogP contribution in [0, 0.1) is 0 Å². The van der Waals surface area contributed by atoms with E-state index in [1.165, 1.54) is 24.3 Å². The lowest BCUT2D eigenvalue weighted by molar-refractivity contribution is 0.0559. The van der Waals surface area contributed by atoms with Gasteiger partial charge in [0.15, 0.2) is 0 Å². The molecule has 10 nitrogen and oxygen atoms in total. The number of ether oxygens (including phenoxy) is 1. The molecule has 0 unspecified atom stereocenters. The SMILES string of the molecule is COC(=O)c1ccc(S(=O)(=O)Nc2ccc(Cl)cc2NS(=O)(=O)c2cc3ccccc3o2)o1. The molecule has 2 N–H and O–H groups in total. The van der Waals surface area contributed by atoms with Gasteiger partial charge in [0.25, 0.3) is 20.0 Å². The van der Waals surface area contributed by atoms with Crippen LogP contribution in [0.2, 0.25) is 5.02 Å². The first-order chi connectivity index (χ1) is 15.6. The molecule has 0 radical (unpaired) electrons. The van der Waals surface area contributed by atoms with E-state index in [4.69, 9.17) is 20.4 Å². The fourth-order valence-electron chi connectivity index (χ4n) is 2.84. The molecular formula is C20H15ClN2O8S2. The monoisotopic (exact) mass is 510 g/mol. The van der Waals surface area contributed by atoms with Gasteiger partial charge in [0.05, 0.1) is 18.5 Å². The molecule has 0 bridgehead atoms. The second-order valence-corrected chi connectivity index (χ2v) is 10.3. The molecule has 33 heavy (non-hydrogen) atoms. The predicted octanol–water partition coefficient (Wildman–Crippen LogP) is 4.07. The summed E-state index contributed by atoms with van der Waals surface area (Å²) in [6.07, 6.45) is 0. The van der Waals surface area contributed by atoms with E-state index in [9.17, 15) is 21.6 Å². The molecule has 0 spiro atoms. The highest BCUT2D eigenvalue weighted by atomic mass is 35.5. The average Bonchev–Trinajstić information content (AvgIpc) is 3.43. The largest absolute Gasteiger partial charge is 0.463 e. The number of rotatable bonds is 7. The van der Waals surface area contributed by atoms with Crippen LogP contribution in [0.3, 0.4) is 0 Å². The van der Waals surface area contributed by atoms with Crippen LogP contribution < -0.4 is 9.44 Å². The summed E-state index contributed by atoms with van der Waals surface area (Å²) in [6.45, 7) is 0. The number of para-hydroxylation sites is 1. The van der Waals surface area contributed by atoms with Gasteiger partial charge in [-0.15, -0.1) is 0 Å². The number of sulfonamides is 2. The third-order valence-electron chi connectivity index (χ3n) is 4.37. The van der Waals surface area contributed by atoms with Crippen molar-refractivity contribution in [3.63, 3.8) is 0 Å². The lowest BCUT2D eigenvalue weighted by Crippen LogP contribution is -2.17. The molecule has 2 aromatic heterocycles. The van der Waals surface area contributed by atoms with Crippen LogP contribution >= 0.6 is 11.6 Å². The van der Waals surface area contributed by atoms with Crippen LogP contribution in [0.4, 0.5) is 11.4 Å². The van der Waals surface area contributed by atoms with Crippen molar-refractivity contribution in [3.8, 4) is 0 Å². The van der Waals surface area contributed by atoms with E-state index in [0.717, 1.165) is 19.2 Å². The number of benzene rings is 2. The summed E-state index contributed by atoms with van der Waals surface area (Å²) < 4.78 is 70.6.